The molecule has 0 saturated heterocycles. The molecule has 0 aliphatic heterocycles. The highest BCUT2D eigenvalue weighted by atomic mass is 16.5. The van der Waals surface area contributed by atoms with Gasteiger partial charge in [0.05, 0.1) is 7.11 Å². The number of aliphatic hydroxyl groups excluding tert-OH is 1. The summed E-state index contributed by atoms with van der Waals surface area (Å²) in [5.41, 5.74) is 2.35. The molecule has 0 aliphatic carbocycles. The Morgan fingerprint density at radius 1 is 1.05 bits per heavy atom. The molecular formula is C18H20O2. The van der Waals surface area contributed by atoms with Gasteiger partial charge in [0, 0.05) is 12.5 Å². The number of methoxy groups -OCH3 is 1. The van der Waals surface area contributed by atoms with Crippen molar-refractivity contribution in [1.29, 1.82) is 0 Å². The minimum atomic E-state index is 0.138. The third-order valence-electron chi connectivity index (χ3n) is 3.25. The average molecular weight is 268 g/mol. The fourth-order valence-electron chi connectivity index (χ4n) is 2.07. The summed E-state index contributed by atoms with van der Waals surface area (Å²) in [5.74, 6) is 0.990. The summed E-state index contributed by atoms with van der Waals surface area (Å²) >= 11 is 0. The third-order valence-corrected chi connectivity index (χ3v) is 3.25. The van der Waals surface area contributed by atoms with Crippen LogP contribution in [0.5, 0.6) is 5.75 Å². The monoisotopic (exact) mass is 268 g/mol. The predicted octanol–water partition coefficient (Wildman–Crippen LogP) is 3.56. The molecule has 0 spiro atoms. The van der Waals surface area contributed by atoms with Crippen LogP contribution in [0.15, 0.2) is 60.7 Å². The summed E-state index contributed by atoms with van der Waals surface area (Å²) in [6, 6.07) is 18.1. The van der Waals surface area contributed by atoms with E-state index in [1.54, 1.807) is 7.11 Å². The van der Waals surface area contributed by atoms with E-state index in [9.17, 15) is 5.11 Å². The zero-order valence-corrected chi connectivity index (χ0v) is 11.7. The molecular weight excluding hydrogens is 248 g/mol. The Labute approximate surface area is 120 Å². The number of hydrogen-bond donors (Lipinski definition) is 1. The molecule has 2 rings (SSSR count). The van der Waals surface area contributed by atoms with Gasteiger partial charge in [0.1, 0.15) is 5.75 Å². The second-order valence-electron chi connectivity index (χ2n) is 4.76. The molecule has 0 amide bonds. The summed E-state index contributed by atoms with van der Waals surface area (Å²) < 4.78 is 5.13. The maximum atomic E-state index is 9.48. The molecule has 2 heteroatoms. The van der Waals surface area contributed by atoms with Crippen molar-refractivity contribution in [2.24, 2.45) is 5.92 Å². The Bertz CT molecular complexity index is 529. The van der Waals surface area contributed by atoms with Gasteiger partial charge in [-0.3, -0.25) is 0 Å². The van der Waals surface area contributed by atoms with Gasteiger partial charge in [0.2, 0.25) is 0 Å². The number of ether oxygens (including phenoxy) is 1. The Balaban J connectivity index is 1.99. The van der Waals surface area contributed by atoms with Gasteiger partial charge >= 0.3 is 0 Å². The van der Waals surface area contributed by atoms with E-state index >= 15 is 0 Å². The lowest BCUT2D eigenvalue weighted by molar-refractivity contribution is 0.252. The Morgan fingerprint density at radius 2 is 1.75 bits per heavy atom. The fraction of sp³-hybridized carbons (Fsp3) is 0.222. The predicted molar refractivity (Wildman–Crippen MR) is 82.7 cm³/mol. The maximum absolute atomic E-state index is 9.48. The first-order valence-corrected chi connectivity index (χ1v) is 6.79. The lowest BCUT2D eigenvalue weighted by atomic mass is 9.99. The van der Waals surface area contributed by atoms with Crippen LogP contribution in [-0.2, 0) is 6.42 Å². The molecule has 2 nitrogen and oxygen atoms in total. The smallest absolute Gasteiger partial charge is 0.118 e. The van der Waals surface area contributed by atoms with Gasteiger partial charge in [-0.05, 0) is 29.7 Å². The molecule has 2 aromatic rings. The summed E-state index contributed by atoms with van der Waals surface area (Å²) in [6.07, 6.45) is 4.96. The Morgan fingerprint density at radius 3 is 2.35 bits per heavy atom. The molecule has 2 aromatic carbocycles. The minimum Gasteiger partial charge on any atom is -0.497 e. The van der Waals surface area contributed by atoms with Crippen molar-refractivity contribution in [3.63, 3.8) is 0 Å². The SMILES string of the molecule is COc1ccc(/C=C/C(CO)Cc2ccccc2)cc1. The number of aliphatic hydroxyl groups is 1. The van der Waals surface area contributed by atoms with E-state index in [2.05, 4.69) is 18.2 Å². The second kappa shape index (κ2) is 7.51. The molecule has 0 saturated carbocycles. The van der Waals surface area contributed by atoms with Crippen molar-refractivity contribution in [2.45, 2.75) is 6.42 Å². The molecule has 0 fully saturated rings. The molecule has 0 aliphatic rings. The zero-order chi connectivity index (χ0) is 14.2. The van der Waals surface area contributed by atoms with Crippen molar-refractivity contribution >= 4 is 6.08 Å². The van der Waals surface area contributed by atoms with Crippen molar-refractivity contribution in [3.05, 3.63) is 71.8 Å². The lowest BCUT2D eigenvalue weighted by Crippen LogP contribution is -2.06. The quantitative estimate of drug-likeness (QED) is 0.868. The minimum absolute atomic E-state index is 0.138. The van der Waals surface area contributed by atoms with Crippen LogP contribution in [0, 0.1) is 5.92 Å². The molecule has 0 bridgehead atoms. The van der Waals surface area contributed by atoms with E-state index in [0.29, 0.717) is 0 Å². The van der Waals surface area contributed by atoms with Crippen LogP contribution in [0.25, 0.3) is 6.08 Å². The number of hydrogen-bond acceptors (Lipinski definition) is 2. The highest BCUT2D eigenvalue weighted by Gasteiger charge is 2.04. The van der Waals surface area contributed by atoms with Gasteiger partial charge < -0.3 is 9.84 Å². The van der Waals surface area contributed by atoms with Crippen LogP contribution in [-0.4, -0.2) is 18.8 Å². The van der Waals surface area contributed by atoms with Crippen molar-refractivity contribution in [2.75, 3.05) is 13.7 Å². The lowest BCUT2D eigenvalue weighted by Gasteiger charge is -2.09. The molecule has 1 N–H and O–H groups in total. The van der Waals surface area contributed by atoms with E-state index in [1.165, 1.54) is 5.56 Å². The highest BCUT2D eigenvalue weighted by molar-refractivity contribution is 5.51. The van der Waals surface area contributed by atoms with Gasteiger partial charge in [-0.25, -0.2) is 0 Å². The molecule has 0 radical (unpaired) electrons. The average Bonchev–Trinajstić information content (AvgIpc) is 2.53. The first kappa shape index (κ1) is 14.4. The largest absolute Gasteiger partial charge is 0.497 e. The second-order valence-corrected chi connectivity index (χ2v) is 4.76. The van der Waals surface area contributed by atoms with Crippen LogP contribution in [0.1, 0.15) is 11.1 Å². The van der Waals surface area contributed by atoms with E-state index in [-0.39, 0.29) is 12.5 Å². The molecule has 0 heterocycles. The van der Waals surface area contributed by atoms with Gasteiger partial charge in [-0.2, -0.15) is 0 Å². The van der Waals surface area contributed by atoms with Crippen LogP contribution in [0.3, 0.4) is 0 Å². The van der Waals surface area contributed by atoms with Crippen LogP contribution in [0.4, 0.5) is 0 Å². The topological polar surface area (TPSA) is 29.5 Å². The van der Waals surface area contributed by atoms with Gasteiger partial charge in [0.25, 0.3) is 0 Å². The van der Waals surface area contributed by atoms with E-state index in [1.807, 2.05) is 48.5 Å². The fourth-order valence-corrected chi connectivity index (χ4v) is 2.07. The van der Waals surface area contributed by atoms with Crippen molar-refractivity contribution in [3.8, 4) is 5.75 Å². The van der Waals surface area contributed by atoms with Crippen LogP contribution in [0.2, 0.25) is 0 Å². The highest BCUT2D eigenvalue weighted by Crippen LogP contribution is 2.15. The molecule has 0 aromatic heterocycles. The zero-order valence-electron chi connectivity index (χ0n) is 11.7. The maximum Gasteiger partial charge on any atom is 0.118 e. The van der Waals surface area contributed by atoms with E-state index in [4.69, 9.17) is 4.74 Å². The van der Waals surface area contributed by atoms with E-state index in [0.717, 1.165) is 17.7 Å². The molecule has 1 atom stereocenters. The van der Waals surface area contributed by atoms with Gasteiger partial charge in [-0.15, -0.1) is 0 Å². The Kier molecular flexibility index (Phi) is 5.39. The summed E-state index contributed by atoms with van der Waals surface area (Å²) in [7, 11) is 1.66. The molecule has 1 unspecified atom stereocenters. The van der Waals surface area contributed by atoms with Crippen molar-refractivity contribution in [1.82, 2.24) is 0 Å². The normalized spacial score (nSPS) is 12.5. The van der Waals surface area contributed by atoms with Gasteiger partial charge in [-0.1, -0.05) is 54.6 Å². The number of rotatable bonds is 6. The third kappa shape index (κ3) is 4.25. The van der Waals surface area contributed by atoms with Crippen molar-refractivity contribution < 1.29 is 9.84 Å². The number of benzene rings is 2. The van der Waals surface area contributed by atoms with Crippen LogP contribution < -0.4 is 4.74 Å². The molecule has 20 heavy (non-hydrogen) atoms. The summed E-state index contributed by atoms with van der Waals surface area (Å²) in [5, 5.41) is 9.48. The summed E-state index contributed by atoms with van der Waals surface area (Å²) in [6.45, 7) is 0.154. The van der Waals surface area contributed by atoms with Gasteiger partial charge in [0.15, 0.2) is 0 Å². The summed E-state index contributed by atoms with van der Waals surface area (Å²) in [4.78, 5) is 0. The first-order valence-electron chi connectivity index (χ1n) is 6.79. The molecule has 104 valence electrons. The van der Waals surface area contributed by atoms with Crippen LogP contribution >= 0.6 is 0 Å². The standard InChI is InChI=1S/C18H20O2/c1-20-18-11-9-15(10-12-18)7-8-17(14-19)13-16-5-3-2-4-6-16/h2-12,17,19H,13-14H2,1H3/b8-7+. The van der Waals surface area contributed by atoms with E-state index < -0.39 is 0 Å². The Hall–Kier alpha value is -2.06. The first-order chi connectivity index (χ1) is 9.81.